The molecular formula is C25H24Cl2N2O4. The molecule has 0 aliphatic rings. The van der Waals surface area contributed by atoms with Gasteiger partial charge in [0, 0.05) is 21.2 Å². The van der Waals surface area contributed by atoms with E-state index in [0.717, 1.165) is 0 Å². The van der Waals surface area contributed by atoms with Gasteiger partial charge in [-0.05, 0) is 67.9 Å². The number of ether oxygens (including phenoxy) is 2. The monoisotopic (exact) mass is 486 g/mol. The van der Waals surface area contributed by atoms with Gasteiger partial charge in [-0.2, -0.15) is 0 Å². The molecule has 0 saturated carbocycles. The van der Waals surface area contributed by atoms with Gasteiger partial charge in [0.1, 0.15) is 6.17 Å². The van der Waals surface area contributed by atoms with Crippen molar-refractivity contribution in [1.29, 1.82) is 0 Å². The van der Waals surface area contributed by atoms with Gasteiger partial charge < -0.3 is 20.1 Å². The number of amides is 2. The zero-order valence-corrected chi connectivity index (χ0v) is 19.9. The Hall–Kier alpha value is -3.22. The van der Waals surface area contributed by atoms with E-state index in [1.807, 2.05) is 13.8 Å². The van der Waals surface area contributed by atoms with E-state index in [1.165, 1.54) is 7.11 Å². The van der Waals surface area contributed by atoms with Crippen LogP contribution in [0.25, 0.3) is 0 Å². The average molecular weight is 487 g/mol. The second-order valence-electron chi connectivity index (χ2n) is 7.48. The van der Waals surface area contributed by atoms with Crippen LogP contribution in [0.2, 0.25) is 10.0 Å². The van der Waals surface area contributed by atoms with E-state index in [1.54, 1.807) is 66.7 Å². The summed E-state index contributed by atoms with van der Waals surface area (Å²) in [5.41, 5.74) is 1.31. The van der Waals surface area contributed by atoms with Crippen LogP contribution in [-0.4, -0.2) is 25.0 Å². The molecule has 33 heavy (non-hydrogen) atoms. The van der Waals surface area contributed by atoms with E-state index >= 15 is 0 Å². The summed E-state index contributed by atoms with van der Waals surface area (Å²) in [7, 11) is 1.52. The first kappa shape index (κ1) is 24.4. The smallest absolute Gasteiger partial charge is 0.253 e. The van der Waals surface area contributed by atoms with Crippen LogP contribution in [0.5, 0.6) is 11.5 Å². The highest BCUT2D eigenvalue weighted by Gasteiger charge is 2.21. The number of hydrogen-bond acceptors (Lipinski definition) is 4. The Morgan fingerprint density at radius 1 is 0.788 bits per heavy atom. The summed E-state index contributed by atoms with van der Waals surface area (Å²) < 4.78 is 11.2. The van der Waals surface area contributed by atoms with Crippen molar-refractivity contribution in [3.8, 4) is 11.5 Å². The van der Waals surface area contributed by atoms with E-state index in [4.69, 9.17) is 32.7 Å². The van der Waals surface area contributed by atoms with E-state index in [9.17, 15) is 9.59 Å². The van der Waals surface area contributed by atoms with Gasteiger partial charge in [-0.1, -0.05) is 41.4 Å². The van der Waals surface area contributed by atoms with E-state index < -0.39 is 18.0 Å². The van der Waals surface area contributed by atoms with Gasteiger partial charge >= 0.3 is 0 Å². The number of nitrogens with one attached hydrogen (secondary N) is 2. The van der Waals surface area contributed by atoms with Crippen LogP contribution in [0, 0.1) is 0 Å². The third kappa shape index (κ3) is 6.63. The highest BCUT2D eigenvalue weighted by Crippen LogP contribution is 2.31. The number of halogens is 2. The Morgan fingerprint density at radius 2 is 1.33 bits per heavy atom. The summed E-state index contributed by atoms with van der Waals surface area (Å²) in [6.07, 6.45) is -0.921. The molecule has 6 nitrogen and oxygen atoms in total. The van der Waals surface area contributed by atoms with Crippen LogP contribution in [0.1, 0.15) is 46.3 Å². The van der Waals surface area contributed by atoms with Crippen molar-refractivity contribution in [2.24, 2.45) is 0 Å². The zero-order valence-electron chi connectivity index (χ0n) is 18.4. The molecule has 0 fully saturated rings. The summed E-state index contributed by atoms with van der Waals surface area (Å²) in [5, 5.41) is 6.55. The highest BCUT2D eigenvalue weighted by atomic mass is 35.5. The fourth-order valence-electron chi connectivity index (χ4n) is 3.11. The van der Waals surface area contributed by atoms with Gasteiger partial charge in [0.25, 0.3) is 11.8 Å². The lowest BCUT2D eigenvalue weighted by Crippen LogP contribution is -2.41. The molecule has 0 radical (unpaired) electrons. The molecule has 3 aromatic rings. The topological polar surface area (TPSA) is 76.7 Å². The Balaban J connectivity index is 1.93. The number of methoxy groups -OCH3 is 1. The molecule has 3 aromatic carbocycles. The van der Waals surface area contributed by atoms with Crippen molar-refractivity contribution in [2.45, 2.75) is 26.1 Å². The maximum atomic E-state index is 12.9. The lowest BCUT2D eigenvalue weighted by molar-refractivity contribution is 0.0883. The Morgan fingerprint density at radius 3 is 1.79 bits per heavy atom. The molecule has 2 N–H and O–H groups in total. The molecule has 172 valence electrons. The van der Waals surface area contributed by atoms with Crippen molar-refractivity contribution in [1.82, 2.24) is 10.6 Å². The molecule has 8 heteroatoms. The van der Waals surface area contributed by atoms with Crippen LogP contribution < -0.4 is 20.1 Å². The average Bonchev–Trinajstić information content (AvgIpc) is 2.78. The Labute approximate surface area is 202 Å². The van der Waals surface area contributed by atoms with Gasteiger partial charge in [-0.15, -0.1) is 0 Å². The van der Waals surface area contributed by atoms with Crippen molar-refractivity contribution in [3.05, 3.63) is 93.5 Å². The predicted octanol–water partition coefficient (Wildman–Crippen LogP) is 5.65. The molecular weight excluding hydrogens is 463 g/mol. The van der Waals surface area contributed by atoms with Crippen molar-refractivity contribution in [2.75, 3.05) is 7.11 Å². The van der Waals surface area contributed by atoms with Gasteiger partial charge in [0.05, 0.1) is 13.2 Å². The third-order valence-electron chi connectivity index (χ3n) is 4.61. The van der Waals surface area contributed by atoms with Crippen molar-refractivity contribution >= 4 is 35.0 Å². The molecule has 0 aromatic heterocycles. The molecule has 0 saturated heterocycles. The lowest BCUT2D eigenvalue weighted by Gasteiger charge is -2.23. The first-order valence-corrected chi connectivity index (χ1v) is 11.0. The largest absolute Gasteiger partial charge is 0.493 e. The fraction of sp³-hybridized carbons (Fsp3) is 0.200. The molecule has 0 aliphatic carbocycles. The molecule has 0 heterocycles. The minimum atomic E-state index is -0.870. The molecule has 0 spiro atoms. The van der Waals surface area contributed by atoms with Crippen molar-refractivity contribution in [3.63, 3.8) is 0 Å². The minimum Gasteiger partial charge on any atom is -0.493 e. The maximum absolute atomic E-state index is 12.9. The number of benzene rings is 3. The Kier molecular flexibility index (Phi) is 8.20. The van der Waals surface area contributed by atoms with E-state index in [2.05, 4.69) is 10.6 Å². The van der Waals surface area contributed by atoms with Crippen LogP contribution in [0.15, 0.2) is 66.7 Å². The number of rotatable bonds is 8. The van der Waals surface area contributed by atoms with Crippen LogP contribution in [-0.2, 0) is 0 Å². The normalized spacial score (nSPS) is 10.8. The lowest BCUT2D eigenvalue weighted by atomic mass is 10.1. The van der Waals surface area contributed by atoms with Gasteiger partial charge in [0.15, 0.2) is 11.5 Å². The summed E-state index contributed by atoms with van der Waals surface area (Å²) in [5.74, 6) is 0.211. The summed E-state index contributed by atoms with van der Waals surface area (Å²) >= 11 is 12.1. The second kappa shape index (κ2) is 11.1. The van der Waals surface area contributed by atoms with Crippen LogP contribution in [0.4, 0.5) is 0 Å². The number of carbonyl (C=O) groups excluding carboxylic acids is 2. The molecule has 0 unspecified atom stereocenters. The molecule has 3 rings (SSSR count). The van der Waals surface area contributed by atoms with Gasteiger partial charge in [-0.3, -0.25) is 9.59 Å². The quantitative estimate of drug-likeness (QED) is 0.403. The molecule has 0 aliphatic heterocycles. The number of hydrogen-bond donors (Lipinski definition) is 2. The zero-order chi connectivity index (χ0) is 24.0. The molecule has 0 atom stereocenters. The highest BCUT2D eigenvalue weighted by molar-refractivity contribution is 6.31. The predicted molar refractivity (Wildman–Crippen MR) is 129 cm³/mol. The fourth-order valence-corrected chi connectivity index (χ4v) is 3.49. The summed E-state index contributed by atoms with van der Waals surface area (Å²) in [6.45, 7) is 3.82. The first-order chi connectivity index (χ1) is 15.8. The summed E-state index contributed by atoms with van der Waals surface area (Å²) in [4.78, 5) is 25.8. The van der Waals surface area contributed by atoms with Gasteiger partial charge in [-0.25, -0.2) is 0 Å². The standard InChI is InChI=1S/C25H24Cl2N2O4/c1-15(2)33-21-11-10-16(14-22(21)32-3)23(28-24(30)17-6-4-8-19(26)12-17)29-25(31)18-7-5-9-20(27)13-18/h4-15,23H,1-3H3,(H,28,30)(H,29,31). The third-order valence-corrected chi connectivity index (χ3v) is 5.08. The molecule has 0 bridgehead atoms. The van der Waals surface area contributed by atoms with E-state index in [0.29, 0.717) is 38.2 Å². The van der Waals surface area contributed by atoms with Crippen LogP contribution >= 0.6 is 23.2 Å². The SMILES string of the molecule is COc1cc(C(NC(=O)c2cccc(Cl)c2)NC(=O)c2cccc(Cl)c2)ccc1OC(C)C. The number of carbonyl (C=O) groups is 2. The van der Waals surface area contributed by atoms with Crippen LogP contribution in [0.3, 0.4) is 0 Å². The second-order valence-corrected chi connectivity index (χ2v) is 8.35. The minimum absolute atomic E-state index is 0.0504. The summed E-state index contributed by atoms with van der Waals surface area (Å²) in [6, 6.07) is 18.3. The van der Waals surface area contributed by atoms with E-state index in [-0.39, 0.29) is 6.10 Å². The van der Waals surface area contributed by atoms with Crippen molar-refractivity contribution < 1.29 is 19.1 Å². The maximum Gasteiger partial charge on any atom is 0.253 e. The molecule has 2 amide bonds. The van der Waals surface area contributed by atoms with Gasteiger partial charge in [0.2, 0.25) is 0 Å². The Bertz CT molecular complexity index is 1090. The first-order valence-electron chi connectivity index (χ1n) is 10.2.